The lowest BCUT2D eigenvalue weighted by Gasteiger charge is -2.18. The lowest BCUT2D eigenvalue weighted by molar-refractivity contribution is 0.493. The van der Waals surface area contributed by atoms with Crippen LogP contribution in [0.15, 0.2) is 12.1 Å². The molecular formula is C15H25N5. The van der Waals surface area contributed by atoms with Crippen molar-refractivity contribution in [2.75, 3.05) is 6.54 Å². The van der Waals surface area contributed by atoms with Crippen LogP contribution in [-0.4, -0.2) is 26.1 Å². The first-order valence-corrected chi connectivity index (χ1v) is 7.30. The number of likely N-dealkylation sites (N-methyl/N-ethyl adjacent to an activating group) is 1. The minimum Gasteiger partial charge on any atom is -0.309 e. The van der Waals surface area contributed by atoms with Gasteiger partial charge in [0, 0.05) is 26.2 Å². The van der Waals surface area contributed by atoms with E-state index in [1.165, 1.54) is 11.4 Å². The molecule has 2 aromatic heterocycles. The zero-order valence-electron chi connectivity index (χ0n) is 13.1. The second kappa shape index (κ2) is 6.22. The standard InChI is InChI=1S/C15H25N5/c1-6-12-9-15(20(5)18-12)14(16-7-2)10-13-8-11(3)17-19(13)4/h8-9,14,16H,6-7,10H2,1-5H3. The highest BCUT2D eigenvalue weighted by molar-refractivity contribution is 5.18. The van der Waals surface area contributed by atoms with Crippen molar-refractivity contribution in [3.8, 4) is 0 Å². The quantitative estimate of drug-likeness (QED) is 0.876. The van der Waals surface area contributed by atoms with Gasteiger partial charge in [-0.25, -0.2) is 0 Å². The molecule has 0 bridgehead atoms. The Morgan fingerprint density at radius 2 is 1.90 bits per heavy atom. The van der Waals surface area contributed by atoms with E-state index in [0.717, 1.165) is 30.8 Å². The van der Waals surface area contributed by atoms with E-state index in [4.69, 9.17) is 0 Å². The summed E-state index contributed by atoms with van der Waals surface area (Å²) in [7, 11) is 4.03. The Balaban J connectivity index is 2.26. The van der Waals surface area contributed by atoms with E-state index in [-0.39, 0.29) is 6.04 Å². The fourth-order valence-electron chi connectivity index (χ4n) is 2.63. The molecule has 0 aromatic carbocycles. The van der Waals surface area contributed by atoms with Crippen molar-refractivity contribution in [2.45, 2.75) is 39.7 Å². The van der Waals surface area contributed by atoms with Gasteiger partial charge in [0.1, 0.15) is 0 Å². The third kappa shape index (κ3) is 3.10. The lowest BCUT2D eigenvalue weighted by Crippen LogP contribution is -2.25. The molecule has 5 heteroatoms. The van der Waals surface area contributed by atoms with Gasteiger partial charge >= 0.3 is 0 Å². The molecule has 0 spiro atoms. The first kappa shape index (κ1) is 14.8. The van der Waals surface area contributed by atoms with E-state index >= 15 is 0 Å². The lowest BCUT2D eigenvalue weighted by atomic mass is 10.1. The number of hydrogen-bond donors (Lipinski definition) is 1. The number of nitrogens with zero attached hydrogens (tertiary/aromatic N) is 4. The van der Waals surface area contributed by atoms with Crippen LogP contribution in [0.4, 0.5) is 0 Å². The molecule has 0 saturated carbocycles. The maximum Gasteiger partial charge on any atom is 0.0625 e. The highest BCUT2D eigenvalue weighted by Gasteiger charge is 2.18. The Labute approximate surface area is 121 Å². The Morgan fingerprint density at radius 1 is 1.15 bits per heavy atom. The summed E-state index contributed by atoms with van der Waals surface area (Å²) in [6, 6.07) is 4.63. The van der Waals surface area contributed by atoms with Gasteiger partial charge in [-0.15, -0.1) is 0 Å². The third-order valence-corrected chi connectivity index (χ3v) is 3.65. The van der Waals surface area contributed by atoms with Gasteiger partial charge < -0.3 is 5.32 Å². The molecule has 5 nitrogen and oxygen atoms in total. The SMILES string of the molecule is CCNC(Cc1cc(C)nn1C)c1cc(CC)nn1C. The largest absolute Gasteiger partial charge is 0.309 e. The van der Waals surface area contributed by atoms with Crippen molar-refractivity contribution >= 4 is 0 Å². The van der Waals surface area contributed by atoms with E-state index in [2.05, 4.69) is 41.5 Å². The zero-order valence-corrected chi connectivity index (χ0v) is 13.1. The van der Waals surface area contributed by atoms with E-state index in [0.29, 0.717) is 0 Å². The minimum atomic E-state index is 0.271. The first-order valence-electron chi connectivity index (χ1n) is 7.30. The van der Waals surface area contributed by atoms with Gasteiger partial charge in [-0.05, 0) is 32.0 Å². The Kier molecular flexibility index (Phi) is 4.60. The molecule has 1 N–H and O–H groups in total. The predicted octanol–water partition coefficient (Wildman–Crippen LogP) is 1.92. The molecule has 0 aliphatic carbocycles. The van der Waals surface area contributed by atoms with Crippen LogP contribution in [0.25, 0.3) is 0 Å². The molecule has 0 aliphatic rings. The van der Waals surface area contributed by atoms with Gasteiger partial charge in [0.25, 0.3) is 0 Å². The number of aromatic nitrogens is 4. The molecule has 20 heavy (non-hydrogen) atoms. The molecule has 0 aliphatic heterocycles. The number of nitrogens with one attached hydrogen (secondary N) is 1. The summed E-state index contributed by atoms with van der Waals surface area (Å²) < 4.78 is 3.96. The molecule has 1 unspecified atom stereocenters. The maximum absolute atomic E-state index is 4.56. The van der Waals surface area contributed by atoms with Crippen molar-refractivity contribution < 1.29 is 0 Å². The summed E-state index contributed by atoms with van der Waals surface area (Å²) in [6.07, 6.45) is 1.89. The number of hydrogen-bond acceptors (Lipinski definition) is 3. The summed E-state index contributed by atoms with van der Waals surface area (Å²) in [5.74, 6) is 0. The van der Waals surface area contributed by atoms with Gasteiger partial charge in [-0.2, -0.15) is 10.2 Å². The molecule has 2 aromatic rings. The average Bonchev–Trinajstić information content (AvgIpc) is 2.92. The van der Waals surface area contributed by atoms with Crippen LogP contribution in [0.3, 0.4) is 0 Å². The van der Waals surface area contributed by atoms with Gasteiger partial charge in [0.05, 0.1) is 23.1 Å². The van der Waals surface area contributed by atoms with Crippen molar-refractivity contribution in [2.24, 2.45) is 14.1 Å². The van der Waals surface area contributed by atoms with E-state index in [9.17, 15) is 0 Å². The van der Waals surface area contributed by atoms with Crippen molar-refractivity contribution in [1.29, 1.82) is 0 Å². The topological polar surface area (TPSA) is 47.7 Å². The van der Waals surface area contributed by atoms with E-state index in [1.807, 2.05) is 30.4 Å². The second-order valence-corrected chi connectivity index (χ2v) is 5.25. The fourth-order valence-corrected chi connectivity index (χ4v) is 2.63. The van der Waals surface area contributed by atoms with Crippen LogP contribution in [-0.2, 0) is 26.9 Å². The van der Waals surface area contributed by atoms with E-state index < -0.39 is 0 Å². The molecule has 1 atom stereocenters. The van der Waals surface area contributed by atoms with Crippen molar-refractivity contribution in [3.05, 3.63) is 34.9 Å². The summed E-state index contributed by atoms with van der Waals surface area (Å²) >= 11 is 0. The monoisotopic (exact) mass is 275 g/mol. The van der Waals surface area contributed by atoms with Crippen LogP contribution < -0.4 is 5.32 Å². The molecule has 0 saturated heterocycles. The van der Waals surface area contributed by atoms with Crippen LogP contribution in [0, 0.1) is 6.92 Å². The van der Waals surface area contributed by atoms with E-state index in [1.54, 1.807) is 0 Å². The highest BCUT2D eigenvalue weighted by Crippen LogP contribution is 2.19. The molecular weight excluding hydrogens is 250 g/mol. The van der Waals surface area contributed by atoms with Crippen LogP contribution >= 0.6 is 0 Å². The molecule has 0 amide bonds. The van der Waals surface area contributed by atoms with Crippen molar-refractivity contribution in [3.63, 3.8) is 0 Å². The Morgan fingerprint density at radius 3 is 2.40 bits per heavy atom. The molecule has 2 rings (SSSR count). The summed E-state index contributed by atoms with van der Waals surface area (Å²) in [4.78, 5) is 0. The molecule has 0 fully saturated rings. The fraction of sp³-hybridized carbons (Fsp3) is 0.600. The Hall–Kier alpha value is -1.62. The van der Waals surface area contributed by atoms with Crippen LogP contribution in [0.2, 0.25) is 0 Å². The highest BCUT2D eigenvalue weighted by atomic mass is 15.3. The maximum atomic E-state index is 4.56. The second-order valence-electron chi connectivity index (χ2n) is 5.25. The summed E-state index contributed by atoms with van der Waals surface area (Å²) in [5.41, 5.74) is 4.69. The Bertz CT molecular complexity index is 567. The molecule has 2 heterocycles. The number of rotatable bonds is 6. The minimum absolute atomic E-state index is 0.271. The van der Waals surface area contributed by atoms with Gasteiger partial charge in [-0.1, -0.05) is 13.8 Å². The summed E-state index contributed by atoms with van der Waals surface area (Å²) in [6.45, 7) is 7.25. The van der Waals surface area contributed by atoms with Crippen LogP contribution in [0.1, 0.15) is 42.7 Å². The number of aryl methyl sites for hydroxylation is 4. The van der Waals surface area contributed by atoms with Gasteiger partial charge in [-0.3, -0.25) is 9.36 Å². The van der Waals surface area contributed by atoms with Gasteiger partial charge in [0.15, 0.2) is 0 Å². The smallest absolute Gasteiger partial charge is 0.0625 e. The van der Waals surface area contributed by atoms with Gasteiger partial charge in [0.2, 0.25) is 0 Å². The molecule has 110 valence electrons. The zero-order chi connectivity index (χ0) is 14.7. The normalized spacial score (nSPS) is 12.8. The van der Waals surface area contributed by atoms with Crippen LogP contribution in [0.5, 0.6) is 0 Å². The third-order valence-electron chi connectivity index (χ3n) is 3.65. The molecule has 0 radical (unpaired) electrons. The van der Waals surface area contributed by atoms with Crippen molar-refractivity contribution in [1.82, 2.24) is 24.9 Å². The first-order chi connectivity index (χ1) is 9.55. The predicted molar refractivity (Wildman–Crippen MR) is 80.7 cm³/mol. The average molecular weight is 275 g/mol. The summed E-state index contributed by atoms with van der Waals surface area (Å²) in [5, 5.41) is 12.5.